The van der Waals surface area contributed by atoms with E-state index in [2.05, 4.69) is 10.5 Å². The lowest BCUT2D eigenvalue weighted by atomic mass is 9.99. The van der Waals surface area contributed by atoms with Crippen molar-refractivity contribution in [2.75, 3.05) is 0 Å². The summed E-state index contributed by atoms with van der Waals surface area (Å²) in [6.45, 7) is 5.44. The van der Waals surface area contributed by atoms with Crippen LogP contribution in [0.1, 0.15) is 42.3 Å². The quantitative estimate of drug-likeness (QED) is 0.379. The Kier molecular flexibility index (Phi) is 4.97. The van der Waals surface area contributed by atoms with E-state index in [0.29, 0.717) is 28.2 Å². The first-order valence-electron chi connectivity index (χ1n) is 5.61. The summed E-state index contributed by atoms with van der Waals surface area (Å²) in [5, 5.41) is 13.9. The number of hydrogen-bond donors (Lipinski definition) is 2. The molecule has 0 aliphatic heterocycles. The second-order valence-corrected chi connectivity index (χ2v) is 4.52. The Morgan fingerprint density at radius 2 is 2.17 bits per heavy atom. The maximum atomic E-state index is 10.9. The van der Waals surface area contributed by atoms with Crippen LogP contribution in [0, 0.1) is 0 Å². The third-order valence-electron chi connectivity index (χ3n) is 2.54. The molecule has 0 bridgehead atoms. The first-order chi connectivity index (χ1) is 8.49. The van der Waals surface area contributed by atoms with E-state index < -0.39 is 0 Å². The summed E-state index contributed by atoms with van der Waals surface area (Å²) in [7, 11) is 0. The van der Waals surface area contributed by atoms with Gasteiger partial charge < -0.3 is 5.11 Å². The third-order valence-corrected chi connectivity index (χ3v) is 2.63. The molecular weight excluding hydrogens is 248 g/mol. The molecule has 0 saturated heterocycles. The Morgan fingerprint density at radius 1 is 1.50 bits per heavy atom. The van der Waals surface area contributed by atoms with Gasteiger partial charge in [-0.2, -0.15) is 5.10 Å². The smallest absolute Gasteiger partial charge is 0.150 e. The monoisotopic (exact) mass is 264 g/mol. The van der Waals surface area contributed by atoms with Gasteiger partial charge in [-0.3, -0.25) is 10.2 Å². The highest BCUT2D eigenvalue weighted by Crippen LogP contribution is 2.23. The number of nitrogens with zero attached hydrogens (tertiary/aromatic N) is 1. The molecule has 0 aliphatic carbocycles. The van der Waals surface area contributed by atoms with Gasteiger partial charge in [-0.25, -0.2) is 0 Å². The van der Waals surface area contributed by atoms with Crippen LogP contribution in [0.2, 0.25) is 0 Å². The fourth-order valence-electron chi connectivity index (χ4n) is 1.58. The standard InChI is InChI=1S/C13H16N2O2S/c1-4-10-5-12(8(2)14-15-9(3)18)13(17)6-11(10)7-16/h5-7,17H,4H2,1-3H3,(H,15,18)/b14-8+. The summed E-state index contributed by atoms with van der Waals surface area (Å²) >= 11 is 4.86. The van der Waals surface area contributed by atoms with Crippen LogP contribution < -0.4 is 5.43 Å². The van der Waals surface area contributed by atoms with Gasteiger partial charge in [0.15, 0.2) is 0 Å². The van der Waals surface area contributed by atoms with E-state index in [1.807, 2.05) is 6.92 Å². The second-order valence-electron chi connectivity index (χ2n) is 3.90. The second kappa shape index (κ2) is 6.26. The molecule has 1 aromatic rings. The highest BCUT2D eigenvalue weighted by molar-refractivity contribution is 7.80. The molecule has 0 atom stereocenters. The van der Waals surface area contributed by atoms with Gasteiger partial charge in [-0.15, -0.1) is 0 Å². The number of thiocarbonyl (C=S) groups is 1. The lowest BCUT2D eigenvalue weighted by Crippen LogP contribution is -2.13. The van der Waals surface area contributed by atoms with Gasteiger partial charge in [-0.05, 0) is 38.0 Å². The molecule has 0 unspecified atom stereocenters. The normalized spacial score (nSPS) is 11.2. The molecule has 0 saturated carbocycles. The van der Waals surface area contributed by atoms with Crippen LogP contribution in [0.4, 0.5) is 0 Å². The van der Waals surface area contributed by atoms with Crippen LogP contribution in [0.15, 0.2) is 17.2 Å². The molecule has 96 valence electrons. The molecule has 4 nitrogen and oxygen atoms in total. The number of aromatic hydroxyl groups is 1. The largest absolute Gasteiger partial charge is 0.507 e. The van der Waals surface area contributed by atoms with Gasteiger partial charge in [-0.1, -0.05) is 19.1 Å². The number of benzene rings is 1. The average molecular weight is 264 g/mol. The third kappa shape index (κ3) is 3.37. The fraction of sp³-hybridized carbons (Fsp3) is 0.308. The van der Waals surface area contributed by atoms with Crippen LogP contribution >= 0.6 is 12.2 Å². The van der Waals surface area contributed by atoms with Gasteiger partial charge >= 0.3 is 0 Å². The van der Waals surface area contributed by atoms with Crippen molar-refractivity contribution in [1.29, 1.82) is 0 Å². The van der Waals surface area contributed by atoms with E-state index in [-0.39, 0.29) is 5.75 Å². The summed E-state index contributed by atoms with van der Waals surface area (Å²) in [4.78, 5) is 11.4. The summed E-state index contributed by atoms with van der Waals surface area (Å²) in [6.07, 6.45) is 1.46. The Balaban J connectivity index is 3.20. The summed E-state index contributed by atoms with van der Waals surface area (Å²) in [5.41, 5.74) is 5.27. The molecule has 0 radical (unpaired) electrons. The number of carbonyl (C=O) groups is 1. The molecule has 1 aromatic carbocycles. The van der Waals surface area contributed by atoms with Crippen molar-refractivity contribution < 1.29 is 9.90 Å². The SMILES string of the molecule is CCc1cc(/C(C)=N/NC(C)=S)c(O)cc1C=O. The molecular formula is C13H16N2O2S. The molecule has 0 aromatic heterocycles. The lowest BCUT2D eigenvalue weighted by molar-refractivity contribution is 0.112. The van der Waals surface area contributed by atoms with E-state index >= 15 is 0 Å². The van der Waals surface area contributed by atoms with Gasteiger partial charge in [0.2, 0.25) is 0 Å². The zero-order chi connectivity index (χ0) is 13.7. The van der Waals surface area contributed by atoms with Gasteiger partial charge in [0, 0.05) is 11.1 Å². The van der Waals surface area contributed by atoms with Crippen LogP contribution in [0.25, 0.3) is 0 Å². The molecule has 2 N–H and O–H groups in total. The minimum absolute atomic E-state index is 0.0411. The van der Waals surface area contributed by atoms with Crippen molar-refractivity contribution in [3.05, 3.63) is 28.8 Å². The number of aryl methyl sites for hydroxylation is 1. The Bertz CT molecular complexity index is 510. The highest BCUT2D eigenvalue weighted by Gasteiger charge is 2.10. The average Bonchev–Trinajstić information content (AvgIpc) is 2.35. The number of phenols is 1. The van der Waals surface area contributed by atoms with E-state index in [9.17, 15) is 9.90 Å². The minimum atomic E-state index is 0.0411. The number of nitrogens with one attached hydrogen (secondary N) is 1. The number of aldehydes is 1. The number of hydrogen-bond acceptors (Lipinski definition) is 4. The van der Waals surface area contributed by atoms with Gasteiger partial charge in [0.1, 0.15) is 12.0 Å². The van der Waals surface area contributed by atoms with Crippen LogP contribution in [-0.4, -0.2) is 22.1 Å². The van der Waals surface area contributed by atoms with E-state index in [4.69, 9.17) is 12.2 Å². The van der Waals surface area contributed by atoms with Gasteiger partial charge in [0.05, 0.1) is 10.7 Å². The predicted molar refractivity (Wildman–Crippen MR) is 76.5 cm³/mol. The number of rotatable bonds is 4. The topological polar surface area (TPSA) is 61.7 Å². The summed E-state index contributed by atoms with van der Waals surface area (Å²) in [6, 6.07) is 3.24. The number of carbonyl (C=O) groups excluding carboxylic acids is 1. The number of hydrazone groups is 1. The van der Waals surface area contributed by atoms with Crippen molar-refractivity contribution in [3.63, 3.8) is 0 Å². The maximum Gasteiger partial charge on any atom is 0.150 e. The van der Waals surface area contributed by atoms with Crippen LogP contribution in [0.3, 0.4) is 0 Å². The molecule has 0 spiro atoms. The minimum Gasteiger partial charge on any atom is -0.507 e. The molecule has 0 amide bonds. The summed E-state index contributed by atoms with van der Waals surface area (Å²) < 4.78 is 0. The van der Waals surface area contributed by atoms with Crippen molar-refractivity contribution in [2.24, 2.45) is 5.10 Å². The van der Waals surface area contributed by atoms with Crippen LogP contribution in [0.5, 0.6) is 5.75 Å². The molecule has 0 fully saturated rings. The predicted octanol–water partition coefficient (Wildman–Crippen LogP) is 2.43. The van der Waals surface area contributed by atoms with Crippen molar-refractivity contribution in [3.8, 4) is 5.75 Å². The molecule has 0 aliphatic rings. The van der Waals surface area contributed by atoms with Gasteiger partial charge in [0.25, 0.3) is 0 Å². The van der Waals surface area contributed by atoms with E-state index in [1.54, 1.807) is 19.9 Å². The Hall–Kier alpha value is -1.75. The van der Waals surface area contributed by atoms with E-state index in [0.717, 1.165) is 11.8 Å². The van der Waals surface area contributed by atoms with Crippen molar-refractivity contribution >= 4 is 29.2 Å². The lowest BCUT2D eigenvalue weighted by Gasteiger charge is -2.09. The molecule has 5 heteroatoms. The first kappa shape index (κ1) is 14.3. The zero-order valence-corrected chi connectivity index (χ0v) is 11.5. The fourth-order valence-corrected chi connectivity index (χ4v) is 1.62. The molecule has 0 heterocycles. The zero-order valence-electron chi connectivity index (χ0n) is 10.7. The van der Waals surface area contributed by atoms with Crippen molar-refractivity contribution in [1.82, 2.24) is 5.43 Å². The Morgan fingerprint density at radius 3 is 2.67 bits per heavy atom. The highest BCUT2D eigenvalue weighted by atomic mass is 32.1. The van der Waals surface area contributed by atoms with E-state index in [1.165, 1.54) is 6.07 Å². The first-order valence-corrected chi connectivity index (χ1v) is 6.02. The Labute approximate surface area is 112 Å². The molecule has 18 heavy (non-hydrogen) atoms. The van der Waals surface area contributed by atoms with Crippen molar-refractivity contribution in [2.45, 2.75) is 27.2 Å². The van der Waals surface area contributed by atoms with Crippen LogP contribution in [-0.2, 0) is 6.42 Å². The summed E-state index contributed by atoms with van der Waals surface area (Å²) in [5.74, 6) is 0.0411. The number of phenolic OH excluding ortho intramolecular Hbond substituents is 1. The molecule has 1 rings (SSSR count). The maximum absolute atomic E-state index is 10.9.